The molecule has 35 heavy (non-hydrogen) atoms. The van der Waals surface area contributed by atoms with Gasteiger partial charge in [0.1, 0.15) is 5.82 Å². The summed E-state index contributed by atoms with van der Waals surface area (Å²) in [5.41, 5.74) is 4.19. The molecule has 0 aliphatic carbocycles. The Morgan fingerprint density at radius 1 is 1.06 bits per heavy atom. The summed E-state index contributed by atoms with van der Waals surface area (Å²) in [7, 11) is 1.32. The minimum absolute atomic E-state index is 0.0530. The third-order valence-corrected chi connectivity index (χ3v) is 6.45. The zero-order valence-electron chi connectivity index (χ0n) is 19.3. The van der Waals surface area contributed by atoms with E-state index in [1.807, 2.05) is 0 Å². The molecule has 0 radical (unpaired) electrons. The van der Waals surface area contributed by atoms with Crippen molar-refractivity contribution in [1.29, 1.82) is 0 Å². The summed E-state index contributed by atoms with van der Waals surface area (Å²) in [5, 5.41) is 0. The average Bonchev–Trinajstić information content (AvgIpc) is 2.76. The molecule has 2 N–H and O–H groups in total. The van der Waals surface area contributed by atoms with Gasteiger partial charge in [-0.3, -0.25) is 0 Å². The smallest absolute Gasteiger partial charge is 0.328 e. The summed E-state index contributed by atoms with van der Waals surface area (Å²) in [6.45, 7) is 3.28. The highest BCUT2D eigenvalue weighted by atomic mass is 19.4. The van der Waals surface area contributed by atoms with Crippen LogP contribution in [0.25, 0.3) is 0 Å². The van der Waals surface area contributed by atoms with E-state index in [2.05, 4.69) is 0 Å². The normalized spacial score (nSPS) is 20.0. The number of carbonyl (C=O) groups excluding carboxylic acids is 1. The largest absolute Gasteiger partial charge is 0.416 e. The van der Waals surface area contributed by atoms with Crippen molar-refractivity contribution in [2.24, 2.45) is 5.73 Å². The number of hydrogen-bond donors (Lipinski definition) is 1. The van der Waals surface area contributed by atoms with Crippen molar-refractivity contribution in [2.45, 2.75) is 57.2 Å². The van der Waals surface area contributed by atoms with Gasteiger partial charge in [0, 0.05) is 19.6 Å². The van der Waals surface area contributed by atoms with E-state index in [1.54, 1.807) is 13.0 Å². The van der Waals surface area contributed by atoms with Crippen molar-refractivity contribution in [1.82, 2.24) is 9.80 Å². The standard InChI is InChI=1S/C24H26F7N3O/c1-13-8-18(25)4-5-20(13)21-12-19(32)6-7-34(21)22(35)33(3)14(2)15-9-16(23(26,27)28)11-17(10-15)24(29,30)31/h4-5,8-11,14,19,21H,6-7,12,32H2,1-3H3/t14-,19+,21-/m1/s1. The predicted octanol–water partition coefficient (Wildman–Crippen LogP) is 6.45. The lowest BCUT2D eigenvalue weighted by atomic mass is 9.90. The van der Waals surface area contributed by atoms with Gasteiger partial charge in [-0.1, -0.05) is 6.07 Å². The lowest BCUT2D eigenvalue weighted by Crippen LogP contribution is -2.50. The molecule has 1 aliphatic rings. The number of piperidine rings is 1. The van der Waals surface area contributed by atoms with Crippen LogP contribution in [0.4, 0.5) is 35.5 Å². The van der Waals surface area contributed by atoms with Gasteiger partial charge in [0.05, 0.1) is 23.2 Å². The van der Waals surface area contributed by atoms with Crippen molar-refractivity contribution in [3.05, 3.63) is 70.0 Å². The summed E-state index contributed by atoms with van der Waals surface area (Å²) in [6.07, 6.45) is -9.15. The molecular weight excluding hydrogens is 479 g/mol. The second kappa shape index (κ2) is 9.67. The summed E-state index contributed by atoms with van der Waals surface area (Å²) >= 11 is 0. The quantitative estimate of drug-likeness (QED) is 0.488. The lowest BCUT2D eigenvalue weighted by molar-refractivity contribution is -0.143. The number of likely N-dealkylation sites (tertiary alicyclic amines) is 1. The van der Waals surface area contributed by atoms with Crippen LogP contribution in [0, 0.1) is 12.7 Å². The molecule has 4 nitrogen and oxygen atoms in total. The summed E-state index contributed by atoms with van der Waals surface area (Å²) in [6, 6.07) is 3.01. The number of urea groups is 1. The molecule has 1 saturated heterocycles. The van der Waals surface area contributed by atoms with Crippen LogP contribution >= 0.6 is 0 Å². The summed E-state index contributed by atoms with van der Waals surface area (Å²) in [5.74, 6) is -0.444. The minimum Gasteiger partial charge on any atom is -0.328 e. The number of aryl methyl sites for hydroxylation is 1. The van der Waals surface area contributed by atoms with E-state index >= 15 is 0 Å². The van der Waals surface area contributed by atoms with E-state index in [1.165, 1.54) is 31.0 Å². The molecule has 1 aliphatic heterocycles. The van der Waals surface area contributed by atoms with Crippen molar-refractivity contribution < 1.29 is 35.5 Å². The SMILES string of the molecule is Cc1cc(F)ccc1[C@H]1C[C@@H](N)CCN1C(=O)N(C)[C@H](C)c1cc(C(F)(F)F)cc(C(F)(F)F)c1. The Labute approximate surface area is 198 Å². The predicted molar refractivity (Wildman–Crippen MR) is 116 cm³/mol. The van der Waals surface area contributed by atoms with E-state index in [9.17, 15) is 35.5 Å². The van der Waals surface area contributed by atoms with E-state index in [4.69, 9.17) is 5.73 Å². The van der Waals surface area contributed by atoms with Crippen LogP contribution in [-0.2, 0) is 12.4 Å². The van der Waals surface area contributed by atoms with Gasteiger partial charge in [-0.15, -0.1) is 0 Å². The molecular formula is C24H26F7N3O. The van der Waals surface area contributed by atoms with Gasteiger partial charge in [0.2, 0.25) is 0 Å². The molecule has 0 bridgehead atoms. The van der Waals surface area contributed by atoms with Gasteiger partial charge < -0.3 is 15.5 Å². The maximum absolute atomic E-state index is 13.6. The van der Waals surface area contributed by atoms with Crippen molar-refractivity contribution in [3.63, 3.8) is 0 Å². The molecule has 0 saturated carbocycles. The number of benzene rings is 2. The number of halogens is 7. The Bertz CT molecular complexity index is 1050. The highest BCUT2D eigenvalue weighted by Crippen LogP contribution is 2.39. The van der Waals surface area contributed by atoms with Crippen LogP contribution < -0.4 is 5.73 Å². The lowest BCUT2D eigenvalue weighted by Gasteiger charge is -2.42. The number of nitrogens with two attached hydrogens (primary N) is 1. The van der Waals surface area contributed by atoms with E-state index in [0.29, 0.717) is 36.1 Å². The highest BCUT2D eigenvalue weighted by Gasteiger charge is 2.39. The summed E-state index contributed by atoms with van der Waals surface area (Å²) in [4.78, 5) is 16.0. The molecule has 0 unspecified atom stereocenters. The Kier molecular flexibility index (Phi) is 7.40. The van der Waals surface area contributed by atoms with Crippen LogP contribution in [-0.4, -0.2) is 35.5 Å². The zero-order valence-corrected chi connectivity index (χ0v) is 19.3. The molecule has 2 aromatic rings. The van der Waals surface area contributed by atoms with Crippen LogP contribution in [0.5, 0.6) is 0 Å². The third-order valence-electron chi connectivity index (χ3n) is 6.45. The zero-order chi connectivity index (χ0) is 26.3. The first kappa shape index (κ1) is 26.8. The monoisotopic (exact) mass is 505 g/mol. The average molecular weight is 505 g/mol. The maximum atomic E-state index is 13.6. The van der Waals surface area contributed by atoms with Crippen LogP contribution in [0.2, 0.25) is 0 Å². The molecule has 1 heterocycles. The molecule has 2 aromatic carbocycles. The molecule has 11 heteroatoms. The molecule has 192 valence electrons. The molecule has 0 spiro atoms. The Morgan fingerprint density at radius 2 is 1.63 bits per heavy atom. The second-order valence-corrected chi connectivity index (χ2v) is 8.90. The van der Waals surface area contributed by atoms with E-state index in [0.717, 1.165) is 4.90 Å². The first-order valence-corrected chi connectivity index (χ1v) is 10.9. The number of carbonyl (C=O) groups is 1. The molecule has 1 fully saturated rings. The Morgan fingerprint density at radius 3 is 2.14 bits per heavy atom. The molecule has 3 rings (SSSR count). The van der Waals surface area contributed by atoms with Crippen LogP contribution in [0.3, 0.4) is 0 Å². The van der Waals surface area contributed by atoms with Crippen LogP contribution in [0.15, 0.2) is 36.4 Å². The fourth-order valence-electron chi connectivity index (χ4n) is 4.34. The number of alkyl halides is 6. The van der Waals surface area contributed by atoms with E-state index in [-0.39, 0.29) is 24.2 Å². The fourth-order valence-corrected chi connectivity index (χ4v) is 4.34. The van der Waals surface area contributed by atoms with Crippen molar-refractivity contribution >= 4 is 6.03 Å². The van der Waals surface area contributed by atoms with Gasteiger partial charge in [0.15, 0.2) is 0 Å². The molecule has 0 aromatic heterocycles. The maximum Gasteiger partial charge on any atom is 0.416 e. The first-order valence-electron chi connectivity index (χ1n) is 10.9. The second-order valence-electron chi connectivity index (χ2n) is 8.90. The number of amides is 2. The van der Waals surface area contributed by atoms with E-state index < -0.39 is 47.4 Å². The number of rotatable bonds is 3. The van der Waals surface area contributed by atoms with Crippen molar-refractivity contribution in [3.8, 4) is 0 Å². The van der Waals surface area contributed by atoms with Gasteiger partial charge in [-0.25, -0.2) is 9.18 Å². The van der Waals surface area contributed by atoms with Gasteiger partial charge in [0.25, 0.3) is 0 Å². The first-order chi connectivity index (χ1) is 16.1. The Balaban J connectivity index is 1.95. The topological polar surface area (TPSA) is 49.6 Å². The van der Waals surface area contributed by atoms with Gasteiger partial charge in [-0.2, -0.15) is 26.3 Å². The number of nitrogens with zero attached hydrogens (tertiary/aromatic N) is 2. The summed E-state index contributed by atoms with van der Waals surface area (Å²) < 4.78 is 93.4. The molecule has 2 amide bonds. The van der Waals surface area contributed by atoms with Crippen LogP contribution in [0.1, 0.15) is 59.7 Å². The fraction of sp³-hybridized carbons (Fsp3) is 0.458. The molecule has 3 atom stereocenters. The third kappa shape index (κ3) is 5.88. The van der Waals surface area contributed by atoms with Gasteiger partial charge in [-0.05, 0) is 73.7 Å². The van der Waals surface area contributed by atoms with Gasteiger partial charge >= 0.3 is 18.4 Å². The Hall–Kier alpha value is -2.82. The highest BCUT2D eigenvalue weighted by molar-refractivity contribution is 5.75. The minimum atomic E-state index is -4.99. The van der Waals surface area contributed by atoms with Crippen molar-refractivity contribution in [2.75, 3.05) is 13.6 Å². The number of hydrogen-bond acceptors (Lipinski definition) is 2.